The van der Waals surface area contributed by atoms with Crippen LogP contribution >= 0.6 is 0 Å². The van der Waals surface area contributed by atoms with E-state index in [9.17, 15) is 8.42 Å². The maximum absolute atomic E-state index is 10.7. The summed E-state index contributed by atoms with van der Waals surface area (Å²) in [5, 5.41) is 8.66. The second-order valence-electron chi connectivity index (χ2n) is 2.18. The Morgan fingerprint density at radius 2 is 2.08 bits per heavy atom. The SMILES string of the molecule is CC(O)COS(=O)(=O)CCN.[NaH]. The van der Waals surface area contributed by atoms with E-state index >= 15 is 0 Å². The predicted octanol–water partition coefficient (Wildman–Crippen LogP) is -1.98. The quantitative estimate of drug-likeness (QED) is 0.403. The number of nitrogens with two attached hydrogens (primary N) is 1. The molecule has 70 valence electrons. The molecule has 0 aromatic heterocycles. The van der Waals surface area contributed by atoms with Crippen LogP contribution in [0.5, 0.6) is 0 Å². The van der Waals surface area contributed by atoms with Crippen LogP contribution in [0.1, 0.15) is 6.92 Å². The van der Waals surface area contributed by atoms with Gasteiger partial charge in [0, 0.05) is 6.54 Å². The first-order chi connectivity index (χ1) is 4.98. The molecule has 1 atom stereocenters. The van der Waals surface area contributed by atoms with Gasteiger partial charge in [-0.25, -0.2) is 0 Å². The molecule has 0 fully saturated rings. The van der Waals surface area contributed by atoms with Gasteiger partial charge in [-0.3, -0.25) is 4.18 Å². The third kappa shape index (κ3) is 8.92. The van der Waals surface area contributed by atoms with Gasteiger partial charge in [0.05, 0.1) is 18.5 Å². The molecule has 0 aliphatic heterocycles. The molecule has 0 radical (unpaired) electrons. The van der Waals surface area contributed by atoms with Gasteiger partial charge in [-0.15, -0.1) is 0 Å². The Balaban J connectivity index is 0. The summed E-state index contributed by atoms with van der Waals surface area (Å²) in [6.45, 7) is 1.27. The molecule has 0 aliphatic carbocycles. The minimum atomic E-state index is -3.51. The number of aliphatic hydroxyl groups is 1. The average Bonchev–Trinajstić information content (AvgIpc) is 1.84. The van der Waals surface area contributed by atoms with E-state index in [1.807, 2.05) is 0 Å². The molecule has 0 aromatic carbocycles. The molecule has 7 heteroatoms. The van der Waals surface area contributed by atoms with E-state index in [4.69, 9.17) is 10.8 Å². The van der Waals surface area contributed by atoms with Crippen LogP contribution in [0, 0.1) is 0 Å². The molecule has 0 spiro atoms. The van der Waals surface area contributed by atoms with Gasteiger partial charge in [-0.2, -0.15) is 8.42 Å². The van der Waals surface area contributed by atoms with Crippen molar-refractivity contribution in [3.8, 4) is 0 Å². The fourth-order valence-electron chi connectivity index (χ4n) is 0.405. The van der Waals surface area contributed by atoms with Gasteiger partial charge >= 0.3 is 29.6 Å². The van der Waals surface area contributed by atoms with Gasteiger partial charge in [0.1, 0.15) is 0 Å². The van der Waals surface area contributed by atoms with E-state index in [-0.39, 0.29) is 48.5 Å². The Hall–Kier alpha value is 0.830. The molecule has 1 unspecified atom stereocenters. The topological polar surface area (TPSA) is 89.6 Å². The number of rotatable bonds is 5. The van der Waals surface area contributed by atoms with Crippen LogP contribution in [0.25, 0.3) is 0 Å². The monoisotopic (exact) mass is 207 g/mol. The van der Waals surface area contributed by atoms with Crippen molar-refractivity contribution in [2.75, 3.05) is 18.9 Å². The molecule has 0 aromatic rings. The first kappa shape index (κ1) is 15.3. The zero-order valence-electron chi connectivity index (χ0n) is 6.36. The average molecular weight is 207 g/mol. The summed E-state index contributed by atoms with van der Waals surface area (Å²) in [5.41, 5.74) is 5.00. The van der Waals surface area contributed by atoms with Crippen LogP contribution in [-0.4, -0.2) is 68.1 Å². The van der Waals surface area contributed by atoms with Crippen LogP contribution < -0.4 is 5.73 Å². The Kier molecular flexibility index (Phi) is 9.25. The Bertz CT molecular complexity index is 192. The first-order valence-corrected chi connectivity index (χ1v) is 4.81. The van der Waals surface area contributed by atoms with Crippen molar-refractivity contribution in [1.82, 2.24) is 0 Å². The summed E-state index contributed by atoms with van der Waals surface area (Å²) in [6, 6.07) is 0. The van der Waals surface area contributed by atoms with Crippen molar-refractivity contribution in [3.05, 3.63) is 0 Å². The number of hydrogen-bond donors (Lipinski definition) is 2. The molecule has 12 heavy (non-hydrogen) atoms. The Morgan fingerprint density at radius 3 is 2.42 bits per heavy atom. The second-order valence-corrected chi connectivity index (χ2v) is 3.94. The fourth-order valence-corrected chi connectivity index (χ4v) is 1.22. The van der Waals surface area contributed by atoms with Crippen LogP contribution in [0.2, 0.25) is 0 Å². The molecular formula is C5H14NNaO4S. The number of hydrogen-bond acceptors (Lipinski definition) is 5. The maximum atomic E-state index is 10.7. The molecule has 0 saturated carbocycles. The van der Waals surface area contributed by atoms with Gasteiger partial charge in [-0.1, -0.05) is 0 Å². The number of aliphatic hydroxyl groups excluding tert-OH is 1. The van der Waals surface area contributed by atoms with E-state index in [0.717, 1.165) is 0 Å². The third-order valence-corrected chi connectivity index (χ3v) is 2.09. The van der Waals surface area contributed by atoms with Gasteiger partial charge in [0.15, 0.2) is 0 Å². The second kappa shape index (κ2) is 7.25. The van der Waals surface area contributed by atoms with E-state index in [1.54, 1.807) is 0 Å². The molecule has 5 nitrogen and oxygen atoms in total. The summed E-state index contributed by atoms with van der Waals surface area (Å²) in [7, 11) is -3.51. The molecule has 0 amide bonds. The van der Waals surface area contributed by atoms with Crippen molar-refractivity contribution < 1.29 is 17.7 Å². The van der Waals surface area contributed by atoms with Gasteiger partial charge in [-0.05, 0) is 6.92 Å². The van der Waals surface area contributed by atoms with Crippen molar-refractivity contribution in [1.29, 1.82) is 0 Å². The van der Waals surface area contributed by atoms with Gasteiger partial charge in [0.2, 0.25) is 0 Å². The predicted molar refractivity (Wildman–Crippen MR) is 47.6 cm³/mol. The zero-order chi connectivity index (χ0) is 8.91. The van der Waals surface area contributed by atoms with Crippen LogP contribution in [0.15, 0.2) is 0 Å². The fraction of sp³-hybridized carbons (Fsp3) is 1.00. The van der Waals surface area contributed by atoms with Crippen LogP contribution in [0.4, 0.5) is 0 Å². The standard InChI is InChI=1S/C5H13NO4S.Na.H/c1-5(7)4-10-11(8,9)3-2-6;;/h5,7H,2-4,6H2,1H3;;. The van der Waals surface area contributed by atoms with Crippen molar-refractivity contribution in [2.24, 2.45) is 5.73 Å². The van der Waals surface area contributed by atoms with E-state index in [1.165, 1.54) is 6.92 Å². The Labute approximate surface area is 94.7 Å². The van der Waals surface area contributed by atoms with Crippen LogP contribution in [0.3, 0.4) is 0 Å². The van der Waals surface area contributed by atoms with E-state index in [0.29, 0.717) is 0 Å². The molecule has 0 rings (SSSR count). The summed E-state index contributed by atoms with van der Waals surface area (Å²) >= 11 is 0. The summed E-state index contributed by atoms with van der Waals surface area (Å²) in [5.74, 6) is -0.209. The third-order valence-electron chi connectivity index (χ3n) is 0.857. The normalized spacial score (nSPS) is 13.6. The van der Waals surface area contributed by atoms with Crippen molar-refractivity contribution in [3.63, 3.8) is 0 Å². The van der Waals surface area contributed by atoms with Gasteiger partial charge < -0.3 is 10.8 Å². The van der Waals surface area contributed by atoms with E-state index < -0.39 is 16.2 Å². The minimum absolute atomic E-state index is 0. The molecule has 0 saturated heterocycles. The molecule has 3 N–H and O–H groups in total. The Morgan fingerprint density at radius 1 is 1.58 bits per heavy atom. The molecule has 0 aliphatic rings. The molecule has 0 bridgehead atoms. The summed E-state index contributed by atoms with van der Waals surface area (Å²) < 4.78 is 25.8. The van der Waals surface area contributed by atoms with Gasteiger partial charge in [0.25, 0.3) is 10.1 Å². The summed E-state index contributed by atoms with van der Waals surface area (Å²) in [4.78, 5) is 0. The summed E-state index contributed by atoms with van der Waals surface area (Å²) in [6.07, 6.45) is -0.775. The van der Waals surface area contributed by atoms with E-state index in [2.05, 4.69) is 4.18 Å². The zero-order valence-corrected chi connectivity index (χ0v) is 7.17. The van der Waals surface area contributed by atoms with Crippen molar-refractivity contribution in [2.45, 2.75) is 13.0 Å². The van der Waals surface area contributed by atoms with Crippen molar-refractivity contribution >= 4 is 39.7 Å². The van der Waals surface area contributed by atoms with Crippen LogP contribution in [-0.2, 0) is 14.3 Å². The first-order valence-electron chi connectivity index (χ1n) is 3.23. The molecule has 0 heterocycles. The molecular weight excluding hydrogens is 193 g/mol.